The maximum Gasteiger partial charge on any atom is 0.256 e. The minimum Gasteiger partial charge on any atom is -0.339 e. The molecule has 1 saturated heterocycles. The van der Waals surface area contributed by atoms with Crippen molar-refractivity contribution in [3.05, 3.63) is 35.1 Å². The number of benzene rings is 1. The number of halogens is 1. The third-order valence-corrected chi connectivity index (χ3v) is 2.75. The topological polar surface area (TPSA) is 20.3 Å². The van der Waals surface area contributed by atoms with Gasteiger partial charge >= 0.3 is 0 Å². The molecule has 0 aliphatic carbocycles. The number of nitrogens with zero attached hydrogens (tertiary/aromatic N) is 1. The number of likely N-dealkylation sites (tertiary alicyclic amines) is 1. The lowest BCUT2D eigenvalue weighted by Gasteiger charge is -2.15. The molecule has 0 radical (unpaired) electrons. The molecule has 1 aliphatic rings. The molecule has 1 fully saturated rings. The second kappa shape index (κ2) is 4.01. The lowest BCUT2D eigenvalue weighted by Crippen LogP contribution is -2.28. The molecule has 15 heavy (non-hydrogen) atoms. The Morgan fingerprint density at radius 1 is 1.33 bits per heavy atom. The first kappa shape index (κ1) is 10.1. The van der Waals surface area contributed by atoms with E-state index < -0.39 is 5.82 Å². The molecule has 0 saturated carbocycles. The second-order valence-electron chi connectivity index (χ2n) is 3.98. The summed E-state index contributed by atoms with van der Waals surface area (Å²) in [6.45, 7) is 3.37. The minimum atomic E-state index is -0.419. The highest BCUT2D eigenvalue weighted by Gasteiger charge is 2.21. The molecule has 1 heterocycles. The van der Waals surface area contributed by atoms with E-state index in [4.69, 9.17) is 0 Å². The van der Waals surface area contributed by atoms with Gasteiger partial charge in [0.25, 0.3) is 5.91 Å². The molecule has 0 aromatic heterocycles. The quantitative estimate of drug-likeness (QED) is 0.692. The van der Waals surface area contributed by atoms with Crippen molar-refractivity contribution >= 4 is 5.91 Å². The first-order valence-corrected chi connectivity index (χ1v) is 5.24. The lowest BCUT2D eigenvalue weighted by molar-refractivity contribution is 0.0788. The average Bonchev–Trinajstić information content (AvgIpc) is 2.74. The highest BCUT2D eigenvalue weighted by atomic mass is 19.1. The summed E-state index contributed by atoms with van der Waals surface area (Å²) in [5.41, 5.74) is 1.12. The maximum atomic E-state index is 13.4. The zero-order valence-electron chi connectivity index (χ0n) is 8.79. The Kier molecular flexibility index (Phi) is 2.71. The van der Waals surface area contributed by atoms with Gasteiger partial charge in [-0.2, -0.15) is 0 Å². The van der Waals surface area contributed by atoms with Crippen LogP contribution >= 0.6 is 0 Å². The molecule has 1 aromatic carbocycles. The zero-order valence-corrected chi connectivity index (χ0v) is 8.79. The second-order valence-corrected chi connectivity index (χ2v) is 3.98. The van der Waals surface area contributed by atoms with Crippen molar-refractivity contribution < 1.29 is 9.18 Å². The van der Waals surface area contributed by atoms with E-state index in [-0.39, 0.29) is 11.5 Å². The van der Waals surface area contributed by atoms with Crippen LogP contribution in [0.15, 0.2) is 18.2 Å². The fourth-order valence-electron chi connectivity index (χ4n) is 1.89. The van der Waals surface area contributed by atoms with E-state index in [0.717, 1.165) is 31.5 Å². The van der Waals surface area contributed by atoms with Gasteiger partial charge in [0.15, 0.2) is 0 Å². The van der Waals surface area contributed by atoms with Gasteiger partial charge in [0.05, 0.1) is 5.56 Å². The molecule has 0 bridgehead atoms. The average molecular weight is 207 g/mol. The Morgan fingerprint density at radius 3 is 2.67 bits per heavy atom. The smallest absolute Gasteiger partial charge is 0.256 e. The first-order chi connectivity index (χ1) is 7.18. The van der Waals surface area contributed by atoms with Gasteiger partial charge in [-0.3, -0.25) is 4.79 Å². The number of hydrogen-bond acceptors (Lipinski definition) is 1. The van der Waals surface area contributed by atoms with Gasteiger partial charge in [-0.1, -0.05) is 11.6 Å². The van der Waals surface area contributed by atoms with E-state index >= 15 is 0 Å². The molecule has 1 amide bonds. The molecule has 2 nitrogen and oxygen atoms in total. The van der Waals surface area contributed by atoms with Crippen molar-refractivity contribution in [3.63, 3.8) is 0 Å². The van der Waals surface area contributed by atoms with Gasteiger partial charge < -0.3 is 4.90 Å². The van der Waals surface area contributed by atoms with Crippen LogP contribution in [0.3, 0.4) is 0 Å². The molecule has 0 N–H and O–H groups in total. The number of aryl methyl sites for hydroxylation is 1. The lowest BCUT2D eigenvalue weighted by atomic mass is 10.1. The van der Waals surface area contributed by atoms with Crippen molar-refractivity contribution in [2.75, 3.05) is 13.1 Å². The predicted octanol–water partition coefficient (Wildman–Crippen LogP) is 2.37. The van der Waals surface area contributed by atoms with Gasteiger partial charge in [-0.15, -0.1) is 0 Å². The van der Waals surface area contributed by atoms with Crippen LogP contribution in [-0.4, -0.2) is 23.9 Å². The number of carbonyl (C=O) groups excluding carboxylic acids is 1. The van der Waals surface area contributed by atoms with Crippen LogP contribution in [-0.2, 0) is 0 Å². The summed E-state index contributed by atoms with van der Waals surface area (Å²) in [5, 5.41) is 0. The fourth-order valence-corrected chi connectivity index (χ4v) is 1.89. The van der Waals surface area contributed by atoms with Gasteiger partial charge in [0, 0.05) is 13.1 Å². The summed E-state index contributed by atoms with van der Waals surface area (Å²) >= 11 is 0. The van der Waals surface area contributed by atoms with Crippen LogP contribution in [0.2, 0.25) is 0 Å². The summed E-state index contributed by atoms with van der Waals surface area (Å²) in [4.78, 5) is 13.6. The van der Waals surface area contributed by atoms with Gasteiger partial charge in [-0.05, 0) is 31.9 Å². The minimum absolute atomic E-state index is 0.172. The van der Waals surface area contributed by atoms with E-state index in [1.807, 2.05) is 6.92 Å². The van der Waals surface area contributed by atoms with Crippen molar-refractivity contribution in [1.82, 2.24) is 4.90 Å². The van der Waals surface area contributed by atoms with Crippen LogP contribution in [0, 0.1) is 12.7 Å². The summed E-state index contributed by atoms with van der Waals surface area (Å²) in [6.07, 6.45) is 2.05. The highest BCUT2D eigenvalue weighted by molar-refractivity contribution is 5.94. The number of rotatable bonds is 1. The molecule has 2 rings (SSSR count). The van der Waals surface area contributed by atoms with Crippen molar-refractivity contribution in [1.29, 1.82) is 0 Å². The monoisotopic (exact) mass is 207 g/mol. The summed E-state index contributed by atoms with van der Waals surface area (Å²) in [5.74, 6) is -0.591. The molecular formula is C12H14FNO. The third-order valence-electron chi connectivity index (χ3n) is 2.75. The zero-order chi connectivity index (χ0) is 10.8. The molecule has 80 valence electrons. The standard InChI is InChI=1S/C12H14FNO/c1-9-4-5-11(13)10(8-9)12(15)14-6-2-3-7-14/h4-5,8H,2-3,6-7H2,1H3. The third kappa shape index (κ3) is 2.01. The van der Waals surface area contributed by atoms with Gasteiger partial charge in [-0.25, -0.2) is 4.39 Å². The Hall–Kier alpha value is -1.38. The Bertz CT molecular complexity index is 383. The molecule has 1 aliphatic heterocycles. The number of carbonyl (C=O) groups is 1. The summed E-state index contributed by atoms with van der Waals surface area (Å²) in [6, 6.07) is 4.66. The Morgan fingerprint density at radius 2 is 2.00 bits per heavy atom. The van der Waals surface area contributed by atoms with E-state index in [0.29, 0.717) is 0 Å². The summed E-state index contributed by atoms with van der Waals surface area (Å²) < 4.78 is 13.4. The summed E-state index contributed by atoms with van der Waals surface area (Å²) in [7, 11) is 0. The van der Waals surface area contributed by atoms with Crippen LogP contribution in [0.4, 0.5) is 4.39 Å². The molecule has 3 heteroatoms. The Balaban J connectivity index is 2.27. The van der Waals surface area contributed by atoms with E-state index in [1.165, 1.54) is 6.07 Å². The number of hydrogen-bond donors (Lipinski definition) is 0. The van der Waals surface area contributed by atoms with Crippen LogP contribution in [0.5, 0.6) is 0 Å². The normalized spacial score (nSPS) is 15.7. The first-order valence-electron chi connectivity index (χ1n) is 5.24. The molecule has 0 unspecified atom stereocenters. The van der Waals surface area contributed by atoms with Gasteiger partial charge in [0.1, 0.15) is 5.82 Å². The molecule has 0 spiro atoms. The van der Waals surface area contributed by atoms with E-state index in [1.54, 1.807) is 17.0 Å². The van der Waals surface area contributed by atoms with Crippen LogP contribution < -0.4 is 0 Å². The van der Waals surface area contributed by atoms with Crippen molar-refractivity contribution in [2.24, 2.45) is 0 Å². The highest BCUT2D eigenvalue weighted by Crippen LogP contribution is 2.16. The van der Waals surface area contributed by atoms with E-state index in [9.17, 15) is 9.18 Å². The predicted molar refractivity (Wildman–Crippen MR) is 56.3 cm³/mol. The SMILES string of the molecule is Cc1ccc(F)c(C(=O)N2CCCC2)c1. The van der Waals surface area contributed by atoms with Crippen molar-refractivity contribution in [3.8, 4) is 0 Å². The number of amides is 1. The molecule has 0 atom stereocenters. The van der Waals surface area contributed by atoms with Crippen molar-refractivity contribution in [2.45, 2.75) is 19.8 Å². The van der Waals surface area contributed by atoms with E-state index in [2.05, 4.69) is 0 Å². The largest absolute Gasteiger partial charge is 0.339 e. The maximum absolute atomic E-state index is 13.4. The van der Waals surface area contributed by atoms with Crippen LogP contribution in [0.25, 0.3) is 0 Å². The van der Waals surface area contributed by atoms with Gasteiger partial charge in [0.2, 0.25) is 0 Å². The Labute approximate surface area is 88.7 Å². The molecule has 1 aromatic rings. The van der Waals surface area contributed by atoms with Crippen LogP contribution in [0.1, 0.15) is 28.8 Å². The molecular weight excluding hydrogens is 193 g/mol. The fraction of sp³-hybridized carbons (Fsp3) is 0.417.